The van der Waals surface area contributed by atoms with Crippen LogP contribution in [-0.2, 0) is 10.8 Å². The molecule has 39 heavy (non-hydrogen) atoms. The molecule has 0 aliphatic heterocycles. The van der Waals surface area contributed by atoms with E-state index in [-0.39, 0.29) is 22.3 Å². The summed E-state index contributed by atoms with van der Waals surface area (Å²) in [4.78, 5) is 30.4. The fourth-order valence-corrected chi connectivity index (χ4v) is 4.16. The van der Waals surface area contributed by atoms with Gasteiger partial charge in [-0.15, -0.1) is 0 Å². The lowest BCUT2D eigenvalue weighted by atomic mass is 9.86. The summed E-state index contributed by atoms with van der Waals surface area (Å²) >= 11 is 0. The van der Waals surface area contributed by atoms with Gasteiger partial charge in [0, 0.05) is 53.0 Å². The molecule has 0 spiro atoms. The van der Waals surface area contributed by atoms with E-state index in [9.17, 15) is 14.7 Å². The van der Waals surface area contributed by atoms with Crippen molar-refractivity contribution in [3.8, 4) is 28.2 Å². The minimum Gasteiger partial charge on any atom is -0.478 e. The summed E-state index contributed by atoms with van der Waals surface area (Å²) in [5.41, 5.74) is 6.63. The van der Waals surface area contributed by atoms with E-state index < -0.39 is 5.97 Å². The molecular weight excluding hydrogens is 488 g/mol. The topological polar surface area (TPSA) is 88.3 Å². The smallest absolute Gasteiger partial charge is 0.335 e. The van der Waals surface area contributed by atoms with Crippen LogP contribution in [0.4, 0.5) is 0 Å². The molecule has 0 saturated heterocycles. The Morgan fingerprint density at radius 2 is 1.26 bits per heavy atom. The molecule has 202 valence electrons. The lowest BCUT2D eigenvalue weighted by molar-refractivity contribution is 0.0696. The highest BCUT2D eigenvalue weighted by Gasteiger charge is 2.24. The molecular formula is C32H36N4O3. The van der Waals surface area contributed by atoms with Crippen LogP contribution in [0, 0.1) is 0 Å². The standard InChI is InChI=1S/C32H36N4O3/c1-31(2,3)27-17-23(18-28(33-27)32(4,5)6)26-19-25(20-9-11-22(12-10-20)30(38)39)34-36(26)24-15-13-21(14-16-24)29(37)35(7)8/h9-19H,1-8H3,(H,38,39). The van der Waals surface area contributed by atoms with E-state index in [0.717, 1.165) is 33.9 Å². The van der Waals surface area contributed by atoms with Gasteiger partial charge in [0.25, 0.3) is 5.91 Å². The van der Waals surface area contributed by atoms with Gasteiger partial charge in [0.15, 0.2) is 0 Å². The molecule has 4 aromatic rings. The van der Waals surface area contributed by atoms with Gasteiger partial charge in [-0.05, 0) is 54.6 Å². The Balaban J connectivity index is 1.93. The minimum atomic E-state index is -0.971. The average molecular weight is 525 g/mol. The first-order chi connectivity index (χ1) is 18.1. The number of carbonyl (C=O) groups is 2. The molecule has 7 nitrogen and oxygen atoms in total. The van der Waals surface area contributed by atoms with Gasteiger partial charge < -0.3 is 10.0 Å². The number of benzene rings is 2. The van der Waals surface area contributed by atoms with Crippen LogP contribution in [0.5, 0.6) is 0 Å². The van der Waals surface area contributed by atoms with Gasteiger partial charge in [-0.2, -0.15) is 5.10 Å². The molecule has 2 aromatic heterocycles. The molecule has 0 aliphatic rings. The molecule has 0 radical (unpaired) electrons. The third-order valence-corrected chi connectivity index (χ3v) is 6.56. The zero-order valence-corrected chi connectivity index (χ0v) is 23.9. The summed E-state index contributed by atoms with van der Waals surface area (Å²) < 4.78 is 1.87. The second-order valence-corrected chi connectivity index (χ2v) is 12.1. The molecule has 0 atom stereocenters. The molecule has 7 heteroatoms. The normalized spacial score (nSPS) is 11.9. The maximum atomic E-state index is 12.5. The number of hydrogen-bond donors (Lipinski definition) is 1. The first kappa shape index (κ1) is 27.8. The van der Waals surface area contributed by atoms with Crippen molar-refractivity contribution in [1.29, 1.82) is 0 Å². The monoisotopic (exact) mass is 524 g/mol. The summed E-state index contributed by atoms with van der Waals surface area (Å²) in [6.45, 7) is 12.9. The maximum absolute atomic E-state index is 12.5. The Kier molecular flexibility index (Phi) is 7.21. The summed E-state index contributed by atoms with van der Waals surface area (Å²) in [7, 11) is 3.46. The number of carboxylic acids is 1. The number of aromatic carboxylic acids is 1. The van der Waals surface area contributed by atoms with Gasteiger partial charge in [-0.3, -0.25) is 9.78 Å². The summed E-state index contributed by atoms with van der Waals surface area (Å²) in [5.74, 6) is -1.04. The predicted octanol–water partition coefficient (Wildman–Crippen LogP) is 6.60. The third kappa shape index (κ3) is 5.93. The Bertz CT molecular complexity index is 1490. The molecule has 1 N–H and O–H groups in total. The molecule has 2 aromatic carbocycles. The van der Waals surface area contributed by atoms with Crippen LogP contribution < -0.4 is 0 Å². The van der Waals surface area contributed by atoms with Crippen LogP contribution in [0.25, 0.3) is 28.2 Å². The van der Waals surface area contributed by atoms with Crippen LogP contribution in [0.3, 0.4) is 0 Å². The third-order valence-electron chi connectivity index (χ3n) is 6.56. The van der Waals surface area contributed by atoms with E-state index in [1.54, 1.807) is 55.4 Å². The summed E-state index contributed by atoms with van der Waals surface area (Å²) in [6, 6.07) is 20.3. The van der Waals surface area contributed by atoms with Gasteiger partial charge in [-0.1, -0.05) is 53.7 Å². The van der Waals surface area contributed by atoms with Crippen LogP contribution in [-0.4, -0.2) is 50.7 Å². The number of carbonyl (C=O) groups excluding carboxylic acids is 1. The van der Waals surface area contributed by atoms with E-state index in [1.165, 1.54) is 0 Å². The van der Waals surface area contributed by atoms with E-state index in [0.29, 0.717) is 11.3 Å². The van der Waals surface area contributed by atoms with Gasteiger partial charge in [0.05, 0.1) is 22.6 Å². The van der Waals surface area contributed by atoms with Crippen molar-refractivity contribution < 1.29 is 14.7 Å². The second-order valence-electron chi connectivity index (χ2n) is 12.1. The van der Waals surface area contributed by atoms with E-state index in [2.05, 4.69) is 53.7 Å². The highest BCUT2D eigenvalue weighted by atomic mass is 16.4. The number of amides is 1. The number of carboxylic acid groups (broad SMARTS) is 1. The van der Waals surface area contributed by atoms with E-state index in [4.69, 9.17) is 10.1 Å². The predicted molar refractivity (Wildman–Crippen MR) is 155 cm³/mol. The van der Waals surface area contributed by atoms with Crippen molar-refractivity contribution in [1.82, 2.24) is 19.7 Å². The van der Waals surface area contributed by atoms with E-state index in [1.807, 2.05) is 22.9 Å². The zero-order valence-electron chi connectivity index (χ0n) is 23.9. The molecule has 0 aliphatic carbocycles. The fraction of sp³-hybridized carbons (Fsp3) is 0.312. The molecule has 0 unspecified atom stereocenters. The van der Waals surface area contributed by atoms with Crippen LogP contribution >= 0.6 is 0 Å². The first-order valence-electron chi connectivity index (χ1n) is 12.9. The highest BCUT2D eigenvalue weighted by molar-refractivity contribution is 5.94. The maximum Gasteiger partial charge on any atom is 0.335 e. The lowest BCUT2D eigenvalue weighted by Crippen LogP contribution is -2.21. The lowest BCUT2D eigenvalue weighted by Gasteiger charge is -2.25. The highest BCUT2D eigenvalue weighted by Crippen LogP contribution is 2.34. The van der Waals surface area contributed by atoms with Crippen LogP contribution in [0.1, 0.15) is 73.6 Å². The van der Waals surface area contributed by atoms with Gasteiger partial charge >= 0.3 is 5.97 Å². The Morgan fingerprint density at radius 3 is 1.72 bits per heavy atom. The molecule has 0 bridgehead atoms. The number of rotatable bonds is 5. The van der Waals surface area contributed by atoms with Crippen molar-refractivity contribution in [2.75, 3.05) is 14.1 Å². The van der Waals surface area contributed by atoms with Crippen LogP contribution in [0.15, 0.2) is 66.7 Å². The van der Waals surface area contributed by atoms with Crippen LogP contribution in [0.2, 0.25) is 0 Å². The van der Waals surface area contributed by atoms with Gasteiger partial charge in [0.1, 0.15) is 0 Å². The minimum absolute atomic E-state index is 0.0692. The van der Waals surface area contributed by atoms with Crippen molar-refractivity contribution in [3.63, 3.8) is 0 Å². The Labute approximate surface area is 230 Å². The SMILES string of the molecule is CN(C)C(=O)c1ccc(-n2nc(-c3ccc(C(=O)O)cc3)cc2-c2cc(C(C)(C)C)nc(C(C)(C)C)c2)cc1. The molecule has 4 rings (SSSR count). The number of nitrogens with zero attached hydrogens (tertiary/aromatic N) is 4. The second kappa shape index (κ2) is 10.1. The number of hydrogen-bond acceptors (Lipinski definition) is 4. The zero-order chi connectivity index (χ0) is 28.7. The largest absolute Gasteiger partial charge is 0.478 e. The number of aromatic nitrogens is 3. The van der Waals surface area contributed by atoms with Crippen molar-refractivity contribution in [2.24, 2.45) is 0 Å². The first-order valence-corrected chi connectivity index (χ1v) is 12.9. The van der Waals surface area contributed by atoms with Gasteiger partial charge in [0.2, 0.25) is 0 Å². The quantitative estimate of drug-likeness (QED) is 0.318. The summed E-state index contributed by atoms with van der Waals surface area (Å²) in [5, 5.41) is 14.3. The molecule has 0 fully saturated rings. The van der Waals surface area contributed by atoms with Crippen molar-refractivity contribution in [2.45, 2.75) is 52.4 Å². The Morgan fingerprint density at radius 1 is 0.744 bits per heavy atom. The average Bonchev–Trinajstić information content (AvgIpc) is 3.32. The molecule has 0 saturated carbocycles. The van der Waals surface area contributed by atoms with Crippen molar-refractivity contribution in [3.05, 3.63) is 89.2 Å². The summed E-state index contributed by atoms with van der Waals surface area (Å²) in [6.07, 6.45) is 0. The number of pyridine rings is 1. The van der Waals surface area contributed by atoms with E-state index >= 15 is 0 Å². The van der Waals surface area contributed by atoms with Crippen molar-refractivity contribution >= 4 is 11.9 Å². The fourth-order valence-electron chi connectivity index (χ4n) is 4.16. The molecule has 1 amide bonds. The van der Waals surface area contributed by atoms with Gasteiger partial charge in [-0.25, -0.2) is 9.48 Å². The Hall–Kier alpha value is -4.26. The molecule has 2 heterocycles.